The van der Waals surface area contributed by atoms with Crippen molar-refractivity contribution in [2.75, 3.05) is 24.9 Å². The minimum atomic E-state index is -1.09. The Morgan fingerprint density at radius 2 is 1.81 bits per heavy atom. The van der Waals surface area contributed by atoms with Gasteiger partial charge in [-0.25, -0.2) is 13.5 Å². The molecule has 0 unspecified atom stereocenters. The van der Waals surface area contributed by atoms with E-state index in [-0.39, 0.29) is 17.9 Å². The molecule has 3 rings (SSSR count). The molecule has 162 valence electrons. The quantitative estimate of drug-likeness (QED) is 0.596. The number of ether oxygens (including phenoxy) is 2. The van der Waals surface area contributed by atoms with Gasteiger partial charge in [0.25, 0.3) is 5.91 Å². The van der Waals surface area contributed by atoms with Gasteiger partial charge in [0.1, 0.15) is 18.0 Å². The maximum atomic E-state index is 13.3. The molecule has 0 saturated carbocycles. The van der Waals surface area contributed by atoms with Gasteiger partial charge in [0.2, 0.25) is 5.91 Å². The van der Waals surface area contributed by atoms with Gasteiger partial charge in [-0.2, -0.15) is 0 Å². The lowest BCUT2D eigenvalue weighted by atomic mass is 10.2. The predicted octanol–water partition coefficient (Wildman–Crippen LogP) is 2.77. The number of halogens is 2. The lowest BCUT2D eigenvalue weighted by Gasteiger charge is -2.12. The van der Waals surface area contributed by atoms with E-state index in [2.05, 4.69) is 20.9 Å². The zero-order valence-corrected chi connectivity index (χ0v) is 16.9. The molecule has 2 N–H and O–H groups in total. The topological polar surface area (TPSA) is 107 Å². The monoisotopic (exact) mass is 431 g/mol. The summed E-state index contributed by atoms with van der Waals surface area (Å²) >= 11 is 0. The van der Waals surface area contributed by atoms with Crippen LogP contribution in [0.15, 0.2) is 36.4 Å². The average molecular weight is 431 g/mol. The first-order valence-electron chi connectivity index (χ1n) is 9.00. The highest BCUT2D eigenvalue weighted by molar-refractivity contribution is 6.03. The molecule has 2 aromatic carbocycles. The van der Waals surface area contributed by atoms with Crippen LogP contribution >= 0.6 is 0 Å². The highest BCUT2D eigenvalue weighted by Crippen LogP contribution is 2.29. The van der Waals surface area contributed by atoms with Crippen LogP contribution in [0, 0.1) is 18.6 Å². The molecule has 0 spiro atoms. The fourth-order valence-electron chi connectivity index (χ4n) is 2.71. The molecule has 1 heterocycles. The first-order valence-corrected chi connectivity index (χ1v) is 9.00. The van der Waals surface area contributed by atoms with E-state index in [1.54, 1.807) is 25.1 Å². The second-order valence-electron chi connectivity index (χ2n) is 6.38. The lowest BCUT2D eigenvalue weighted by molar-refractivity contribution is -0.117. The number of anilines is 2. The number of amides is 2. The second-order valence-corrected chi connectivity index (χ2v) is 6.38. The molecule has 0 saturated heterocycles. The van der Waals surface area contributed by atoms with Crippen LogP contribution in [0.2, 0.25) is 0 Å². The van der Waals surface area contributed by atoms with E-state index in [1.807, 2.05) is 0 Å². The second kappa shape index (κ2) is 9.20. The fraction of sp³-hybridized carbons (Fsp3) is 0.200. The van der Waals surface area contributed by atoms with Crippen molar-refractivity contribution in [3.8, 4) is 11.5 Å². The summed E-state index contributed by atoms with van der Waals surface area (Å²) in [5, 5.41) is 12.7. The standard InChI is InChI=1S/C20H19F2N5O4/c1-11-19(20(29)23-12-4-6-14(21)15(22)8-12)25-26-27(11)10-18(28)24-16-7-5-13(30-2)9-17(16)31-3/h4-9H,10H2,1-3H3,(H,23,29)(H,24,28). The van der Waals surface area contributed by atoms with Gasteiger partial charge >= 0.3 is 0 Å². The molecular formula is C20H19F2N5O4. The summed E-state index contributed by atoms with van der Waals surface area (Å²) in [6.45, 7) is 1.34. The van der Waals surface area contributed by atoms with Crippen LogP contribution in [-0.4, -0.2) is 41.0 Å². The molecule has 2 amide bonds. The van der Waals surface area contributed by atoms with Gasteiger partial charge in [0, 0.05) is 17.8 Å². The van der Waals surface area contributed by atoms with E-state index in [1.165, 1.54) is 25.0 Å². The molecule has 9 nitrogen and oxygen atoms in total. The SMILES string of the molecule is COc1ccc(NC(=O)Cn2nnc(C(=O)Nc3ccc(F)c(F)c3)c2C)c(OC)c1. The molecule has 31 heavy (non-hydrogen) atoms. The van der Waals surface area contributed by atoms with E-state index in [4.69, 9.17) is 9.47 Å². The lowest BCUT2D eigenvalue weighted by Crippen LogP contribution is -2.21. The number of hydrogen-bond acceptors (Lipinski definition) is 6. The molecular weight excluding hydrogens is 412 g/mol. The molecule has 0 bridgehead atoms. The molecule has 0 aliphatic rings. The number of rotatable bonds is 7. The largest absolute Gasteiger partial charge is 0.497 e. The van der Waals surface area contributed by atoms with Crippen molar-refractivity contribution < 1.29 is 27.8 Å². The Morgan fingerprint density at radius 1 is 1.03 bits per heavy atom. The summed E-state index contributed by atoms with van der Waals surface area (Å²) in [5.74, 6) is -2.24. The van der Waals surface area contributed by atoms with Crippen molar-refractivity contribution in [3.05, 3.63) is 59.4 Å². The van der Waals surface area contributed by atoms with Gasteiger partial charge in [-0.3, -0.25) is 9.59 Å². The number of aromatic nitrogens is 3. The maximum absolute atomic E-state index is 13.3. The highest BCUT2D eigenvalue weighted by atomic mass is 19.2. The summed E-state index contributed by atoms with van der Waals surface area (Å²) in [6, 6.07) is 7.88. The van der Waals surface area contributed by atoms with Crippen LogP contribution < -0.4 is 20.1 Å². The Balaban J connectivity index is 1.69. The normalized spacial score (nSPS) is 10.5. The molecule has 11 heteroatoms. The van der Waals surface area contributed by atoms with Gasteiger partial charge in [0.05, 0.1) is 25.6 Å². The van der Waals surface area contributed by atoms with Crippen molar-refractivity contribution in [1.82, 2.24) is 15.0 Å². The van der Waals surface area contributed by atoms with Crippen molar-refractivity contribution in [2.45, 2.75) is 13.5 Å². The van der Waals surface area contributed by atoms with E-state index < -0.39 is 23.4 Å². The van der Waals surface area contributed by atoms with Crippen LogP contribution in [0.25, 0.3) is 0 Å². The molecule has 0 atom stereocenters. The minimum absolute atomic E-state index is 0.0560. The Hall–Kier alpha value is -4.02. The Morgan fingerprint density at radius 3 is 2.48 bits per heavy atom. The molecule has 3 aromatic rings. The number of carbonyl (C=O) groups excluding carboxylic acids is 2. The molecule has 0 aliphatic heterocycles. The molecule has 0 aliphatic carbocycles. The Bertz CT molecular complexity index is 1130. The number of nitrogens with one attached hydrogen (secondary N) is 2. The van der Waals surface area contributed by atoms with E-state index in [0.29, 0.717) is 22.9 Å². The summed E-state index contributed by atoms with van der Waals surface area (Å²) in [5.41, 5.74) is 0.751. The number of hydrogen-bond donors (Lipinski definition) is 2. The van der Waals surface area contributed by atoms with Crippen LogP contribution in [0.1, 0.15) is 16.2 Å². The zero-order valence-electron chi connectivity index (χ0n) is 16.9. The third-order valence-electron chi connectivity index (χ3n) is 4.35. The first kappa shape index (κ1) is 21.7. The number of carbonyl (C=O) groups is 2. The van der Waals surface area contributed by atoms with Crippen LogP contribution in [0.4, 0.5) is 20.2 Å². The van der Waals surface area contributed by atoms with Crippen LogP contribution in [0.3, 0.4) is 0 Å². The van der Waals surface area contributed by atoms with Crippen LogP contribution in [-0.2, 0) is 11.3 Å². The highest BCUT2D eigenvalue weighted by Gasteiger charge is 2.19. The third-order valence-corrected chi connectivity index (χ3v) is 4.35. The zero-order chi connectivity index (χ0) is 22.5. The Labute approximate surface area is 176 Å². The van der Waals surface area contributed by atoms with Gasteiger partial charge in [-0.15, -0.1) is 5.10 Å². The summed E-state index contributed by atoms with van der Waals surface area (Å²) in [6.07, 6.45) is 0. The predicted molar refractivity (Wildman–Crippen MR) is 107 cm³/mol. The average Bonchev–Trinajstić information content (AvgIpc) is 3.11. The molecule has 1 aromatic heterocycles. The van der Waals surface area contributed by atoms with Crippen LogP contribution in [0.5, 0.6) is 11.5 Å². The summed E-state index contributed by atoms with van der Waals surface area (Å²) in [7, 11) is 2.98. The first-order chi connectivity index (χ1) is 14.8. The molecule has 0 fully saturated rings. The van der Waals surface area contributed by atoms with E-state index in [9.17, 15) is 18.4 Å². The number of nitrogens with zero attached hydrogens (tertiary/aromatic N) is 3. The summed E-state index contributed by atoms with van der Waals surface area (Å²) in [4.78, 5) is 24.8. The van der Waals surface area contributed by atoms with Crippen molar-refractivity contribution in [1.29, 1.82) is 0 Å². The molecule has 0 radical (unpaired) electrons. The van der Waals surface area contributed by atoms with E-state index in [0.717, 1.165) is 12.1 Å². The van der Waals surface area contributed by atoms with Gasteiger partial charge in [-0.1, -0.05) is 5.21 Å². The van der Waals surface area contributed by atoms with Crippen molar-refractivity contribution in [2.24, 2.45) is 0 Å². The minimum Gasteiger partial charge on any atom is -0.497 e. The fourth-order valence-corrected chi connectivity index (χ4v) is 2.71. The maximum Gasteiger partial charge on any atom is 0.278 e. The number of benzene rings is 2. The van der Waals surface area contributed by atoms with Gasteiger partial charge in [-0.05, 0) is 31.2 Å². The van der Waals surface area contributed by atoms with Crippen molar-refractivity contribution in [3.63, 3.8) is 0 Å². The van der Waals surface area contributed by atoms with Crippen molar-refractivity contribution >= 4 is 23.2 Å². The summed E-state index contributed by atoms with van der Waals surface area (Å²) < 4.78 is 37.9. The Kier molecular flexibility index (Phi) is 6.43. The smallest absolute Gasteiger partial charge is 0.278 e. The third kappa shape index (κ3) is 4.94. The van der Waals surface area contributed by atoms with E-state index >= 15 is 0 Å². The van der Waals surface area contributed by atoms with Gasteiger partial charge in [0.15, 0.2) is 17.3 Å². The van der Waals surface area contributed by atoms with Gasteiger partial charge < -0.3 is 20.1 Å². The number of methoxy groups -OCH3 is 2.